The molecule has 0 unspecified atom stereocenters. The molecule has 9 heteroatoms. The zero-order valence-electron chi connectivity index (χ0n) is 16.0. The first-order chi connectivity index (χ1) is 13.4. The molecule has 0 atom stereocenters. The molecule has 0 radical (unpaired) electrons. The standard InChI is InChI=1S/C19H22N4O3S2/c1-4-21(5-2)11-12-22(18(24)15-9-10-16(27-15)23(25)26)19-20-17-13(3)7-6-8-14(17)28-19/h6-10H,4-5,11-12H2,1-3H3. The fourth-order valence-corrected chi connectivity index (χ4v) is 4.77. The minimum atomic E-state index is -0.470. The van der Waals surface area contributed by atoms with Gasteiger partial charge in [0.05, 0.1) is 20.0 Å². The van der Waals surface area contributed by atoms with Crippen LogP contribution in [0.4, 0.5) is 10.1 Å². The van der Waals surface area contributed by atoms with Crippen LogP contribution in [0.25, 0.3) is 10.2 Å². The van der Waals surface area contributed by atoms with Crippen molar-refractivity contribution in [3.05, 3.63) is 50.9 Å². The third kappa shape index (κ3) is 4.21. The summed E-state index contributed by atoms with van der Waals surface area (Å²) in [6.07, 6.45) is 0. The van der Waals surface area contributed by atoms with Gasteiger partial charge in [0.2, 0.25) is 0 Å². The van der Waals surface area contributed by atoms with Gasteiger partial charge in [-0.3, -0.25) is 19.8 Å². The van der Waals surface area contributed by atoms with E-state index in [9.17, 15) is 14.9 Å². The molecule has 0 saturated heterocycles. The fourth-order valence-electron chi connectivity index (χ4n) is 2.93. The first-order valence-corrected chi connectivity index (χ1v) is 10.7. The van der Waals surface area contributed by atoms with Gasteiger partial charge >= 0.3 is 5.00 Å². The lowest BCUT2D eigenvalue weighted by molar-refractivity contribution is -0.380. The Morgan fingerprint density at radius 1 is 1.14 bits per heavy atom. The molecule has 0 aliphatic rings. The van der Waals surface area contributed by atoms with E-state index in [1.807, 2.05) is 25.1 Å². The van der Waals surface area contributed by atoms with Crippen LogP contribution in [-0.4, -0.2) is 46.9 Å². The van der Waals surface area contributed by atoms with Gasteiger partial charge in [0.25, 0.3) is 5.91 Å². The summed E-state index contributed by atoms with van der Waals surface area (Å²) in [5, 5.41) is 11.6. The summed E-state index contributed by atoms with van der Waals surface area (Å²) in [6, 6.07) is 8.87. The Hall–Kier alpha value is -2.36. The Morgan fingerprint density at radius 3 is 2.50 bits per heavy atom. The van der Waals surface area contributed by atoms with Crippen LogP contribution in [0.2, 0.25) is 0 Å². The van der Waals surface area contributed by atoms with Crippen molar-refractivity contribution < 1.29 is 9.72 Å². The SMILES string of the molecule is CCN(CC)CCN(C(=O)c1ccc([N+](=O)[O-])s1)c1nc2c(C)cccc2s1. The van der Waals surface area contributed by atoms with Crippen molar-refractivity contribution in [1.29, 1.82) is 0 Å². The molecule has 148 valence electrons. The van der Waals surface area contributed by atoms with Crippen molar-refractivity contribution in [1.82, 2.24) is 9.88 Å². The molecule has 0 fully saturated rings. The zero-order valence-corrected chi connectivity index (χ0v) is 17.7. The van der Waals surface area contributed by atoms with Crippen molar-refractivity contribution >= 4 is 48.9 Å². The molecule has 3 aromatic rings. The first kappa shape index (κ1) is 20.4. The molecule has 0 bridgehead atoms. The highest BCUT2D eigenvalue weighted by Crippen LogP contribution is 2.33. The summed E-state index contributed by atoms with van der Waals surface area (Å²) in [4.78, 5) is 32.7. The fraction of sp³-hybridized carbons (Fsp3) is 0.368. The molecule has 7 nitrogen and oxygen atoms in total. The molecule has 0 aliphatic heterocycles. The summed E-state index contributed by atoms with van der Waals surface area (Å²) in [5.41, 5.74) is 1.95. The molecule has 2 aromatic heterocycles. The third-order valence-corrected chi connectivity index (χ3v) is 6.67. The van der Waals surface area contributed by atoms with Crippen LogP contribution in [0, 0.1) is 17.0 Å². The van der Waals surface area contributed by atoms with Crippen molar-refractivity contribution in [2.45, 2.75) is 20.8 Å². The minimum absolute atomic E-state index is 0.0350. The third-order valence-electron chi connectivity index (χ3n) is 4.60. The summed E-state index contributed by atoms with van der Waals surface area (Å²) in [6.45, 7) is 9.13. The van der Waals surface area contributed by atoms with Crippen molar-refractivity contribution in [2.24, 2.45) is 0 Å². The average Bonchev–Trinajstić information content (AvgIpc) is 3.33. The second-order valence-electron chi connectivity index (χ2n) is 6.30. The number of nitro groups is 1. The quantitative estimate of drug-likeness (QED) is 0.396. The van der Waals surface area contributed by atoms with Crippen molar-refractivity contribution in [3.63, 3.8) is 0 Å². The maximum Gasteiger partial charge on any atom is 0.324 e. The number of thiophene rings is 1. The van der Waals surface area contributed by atoms with Gasteiger partial charge in [-0.25, -0.2) is 4.98 Å². The van der Waals surface area contributed by atoms with Crippen LogP contribution in [0.1, 0.15) is 29.1 Å². The lowest BCUT2D eigenvalue weighted by Crippen LogP contribution is -2.38. The molecule has 0 saturated carbocycles. The van der Waals surface area contributed by atoms with Crippen molar-refractivity contribution in [2.75, 3.05) is 31.1 Å². The largest absolute Gasteiger partial charge is 0.324 e. The number of benzene rings is 1. The maximum atomic E-state index is 13.2. The molecule has 1 aromatic carbocycles. The number of aromatic nitrogens is 1. The van der Waals surface area contributed by atoms with E-state index in [2.05, 4.69) is 18.7 Å². The van der Waals surface area contributed by atoms with Gasteiger partial charge in [-0.15, -0.1) is 0 Å². The van der Waals surface area contributed by atoms with Gasteiger partial charge in [0, 0.05) is 19.2 Å². The number of carbonyl (C=O) groups is 1. The zero-order chi connectivity index (χ0) is 20.3. The van der Waals surface area contributed by atoms with Gasteiger partial charge in [0.1, 0.15) is 0 Å². The van der Waals surface area contributed by atoms with E-state index >= 15 is 0 Å². The number of anilines is 1. The number of likely N-dealkylation sites (N-methyl/N-ethyl adjacent to an activating group) is 1. The number of hydrogen-bond acceptors (Lipinski definition) is 7. The Balaban J connectivity index is 1.96. The number of aryl methyl sites for hydroxylation is 1. The Kier molecular flexibility index (Phi) is 6.38. The van der Waals surface area contributed by atoms with Crippen LogP contribution in [0.15, 0.2) is 30.3 Å². The van der Waals surface area contributed by atoms with Crippen LogP contribution >= 0.6 is 22.7 Å². The van der Waals surface area contributed by atoms with Crippen LogP contribution in [-0.2, 0) is 0 Å². The summed E-state index contributed by atoms with van der Waals surface area (Å²) >= 11 is 2.37. The highest BCUT2D eigenvalue weighted by atomic mass is 32.1. The molecule has 28 heavy (non-hydrogen) atoms. The molecular formula is C19H22N4O3S2. The van der Waals surface area contributed by atoms with E-state index in [0.717, 1.165) is 40.2 Å². The van der Waals surface area contributed by atoms with Crippen LogP contribution in [0.5, 0.6) is 0 Å². The number of nitrogens with zero attached hydrogens (tertiary/aromatic N) is 4. The number of carbonyl (C=O) groups excluding carboxylic acids is 1. The van der Waals surface area contributed by atoms with Crippen LogP contribution < -0.4 is 4.90 Å². The van der Waals surface area contributed by atoms with E-state index < -0.39 is 4.92 Å². The van der Waals surface area contributed by atoms with E-state index in [0.29, 0.717) is 23.1 Å². The van der Waals surface area contributed by atoms with Gasteiger partial charge in [-0.05, 0) is 37.7 Å². The van der Waals surface area contributed by atoms with Crippen molar-refractivity contribution in [3.8, 4) is 0 Å². The average molecular weight is 419 g/mol. The second-order valence-corrected chi connectivity index (χ2v) is 8.37. The molecule has 1 amide bonds. The first-order valence-electron chi connectivity index (χ1n) is 9.09. The summed E-state index contributed by atoms with van der Waals surface area (Å²) in [7, 11) is 0. The van der Waals surface area contributed by atoms with Gasteiger partial charge < -0.3 is 4.90 Å². The molecule has 3 rings (SSSR count). The molecular weight excluding hydrogens is 396 g/mol. The monoisotopic (exact) mass is 418 g/mol. The van der Waals surface area contributed by atoms with Gasteiger partial charge in [-0.1, -0.05) is 48.7 Å². The van der Waals surface area contributed by atoms with E-state index in [1.54, 1.807) is 4.90 Å². The molecule has 0 N–H and O–H groups in total. The maximum absolute atomic E-state index is 13.2. The second kappa shape index (κ2) is 8.76. The van der Waals surface area contributed by atoms with E-state index in [1.165, 1.54) is 23.5 Å². The lowest BCUT2D eigenvalue weighted by Gasteiger charge is -2.24. The molecule has 0 aliphatic carbocycles. The number of amides is 1. The Morgan fingerprint density at radius 2 is 1.89 bits per heavy atom. The number of hydrogen-bond donors (Lipinski definition) is 0. The van der Waals surface area contributed by atoms with E-state index in [4.69, 9.17) is 4.98 Å². The predicted molar refractivity (Wildman–Crippen MR) is 115 cm³/mol. The lowest BCUT2D eigenvalue weighted by atomic mass is 10.2. The molecule has 2 heterocycles. The highest BCUT2D eigenvalue weighted by molar-refractivity contribution is 7.22. The van der Waals surface area contributed by atoms with Crippen LogP contribution in [0.3, 0.4) is 0 Å². The predicted octanol–water partition coefficient (Wildman–Crippen LogP) is 4.56. The highest BCUT2D eigenvalue weighted by Gasteiger charge is 2.25. The Bertz CT molecular complexity index is 994. The molecule has 0 spiro atoms. The number of para-hydroxylation sites is 1. The smallest absolute Gasteiger partial charge is 0.302 e. The number of fused-ring (bicyclic) bond motifs is 1. The summed E-state index contributed by atoms with van der Waals surface area (Å²) < 4.78 is 1.02. The van der Waals surface area contributed by atoms with Gasteiger partial charge in [0.15, 0.2) is 5.13 Å². The minimum Gasteiger partial charge on any atom is -0.302 e. The number of thiazole rings is 1. The van der Waals surface area contributed by atoms with E-state index in [-0.39, 0.29) is 10.9 Å². The Labute approximate surface area is 171 Å². The van der Waals surface area contributed by atoms with Gasteiger partial charge in [-0.2, -0.15) is 0 Å². The normalized spacial score (nSPS) is 11.3. The number of rotatable bonds is 8. The summed E-state index contributed by atoms with van der Waals surface area (Å²) in [5.74, 6) is -0.248. The topological polar surface area (TPSA) is 79.6 Å².